The second-order valence-corrected chi connectivity index (χ2v) is 10.8. The van der Waals surface area contributed by atoms with Crippen LogP contribution in [0.1, 0.15) is 58.3 Å². The highest BCUT2D eigenvalue weighted by molar-refractivity contribution is 7.89. The van der Waals surface area contributed by atoms with Crippen LogP contribution in [0.3, 0.4) is 0 Å². The number of carbonyl (C=O) groups is 2. The molecule has 1 aromatic rings. The van der Waals surface area contributed by atoms with E-state index < -0.39 is 15.9 Å². The first-order valence-corrected chi connectivity index (χ1v) is 13.2. The number of rotatable bonds is 7. The monoisotopic (exact) mass is 463 g/mol. The third-order valence-electron chi connectivity index (χ3n) is 6.74. The fourth-order valence-corrected chi connectivity index (χ4v) is 6.70. The van der Waals surface area contributed by atoms with Crippen LogP contribution in [0.2, 0.25) is 0 Å². The predicted molar refractivity (Wildman–Crippen MR) is 121 cm³/mol. The van der Waals surface area contributed by atoms with Gasteiger partial charge in [-0.25, -0.2) is 8.42 Å². The molecule has 1 aromatic carbocycles. The summed E-state index contributed by atoms with van der Waals surface area (Å²) in [5.41, 5.74) is 0.404. The standard InChI is InChI=1S/C23H33N3O5S/c1-2-31-20-11-10-18(15-21(20)32(29,30)25-12-6-3-7-13-25)24-23(28)17-14-22(27)26(16-17)19-8-4-5-9-19/h10-11,15,17,19H,2-9,12-14,16H2,1H3,(H,24,28). The van der Waals surface area contributed by atoms with E-state index >= 15 is 0 Å². The highest BCUT2D eigenvalue weighted by Crippen LogP contribution is 2.33. The van der Waals surface area contributed by atoms with E-state index in [-0.39, 0.29) is 29.2 Å². The average Bonchev–Trinajstić information content (AvgIpc) is 3.45. The SMILES string of the molecule is CCOc1ccc(NC(=O)C2CC(=O)N(C3CCCC3)C2)cc1S(=O)(=O)N1CCCCC1. The maximum absolute atomic E-state index is 13.3. The van der Waals surface area contributed by atoms with E-state index in [9.17, 15) is 18.0 Å². The van der Waals surface area contributed by atoms with Gasteiger partial charge in [-0.3, -0.25) is 9.59 Å². The highest BCUT2D eigenvalue weighted by Gasteiger charge is 2.39. The Morgan fingerprint density at radius 3 is 2.53 bits per heavy atom. The van der Waals surface area contributed by atoms with Gasteiger partial charge in [0.15, 0.2) is 0 Å². The summed E-state index contributed by atoms with van der Waals surface area (Å²) in [7, 11) is -3.73. The number of nitrogens with one attached hydrogen (secondary N) is 1. The first-order chi connectivity index (χ1) is 15.4. The van der Waals surface area contributed by atoms with E-state index in [2.05, 4.69) is 5.32 Å². The molecule has 1 N–H and O–H groups in total. The molecule has 1 aliphatic carbocycles. The minimum Gasteiger partial charge on any atom is -0.492 e. The van der Waals surface area contributed by atoms with Gasteiger partial charge in [-0.05, 0) is 50.8 Å². The fraction of sp³-hybridized carbons (Fsp3) is 0.652. The number of carbonyl (C=O) groups excluding carboxylic acids is 2. The van der Waals surface area contributed by atoms with Crippen LogP contribution in [0.4, 0.5) is 5.69 Å². The van der Waals surface area contributed by atoms with Gasteiger partial charge in [0.05, 0.1) is 12.5 Å². The molecule has 0 spiro atoms. The molecule has 3 fully saturated rings. The zero-order chi connectivity index (χ0) is 22.7. The molecule has 176 valence electrons. The molecular formula is C23H33N3O5S. The third kappa shape index (κ3) is 4.78. The Morgan fingerprint density at radius 2 is 1.84 bits per heavy atom. The van der Waals surface area contributed by atoms with Crippen LogP contribution in [0.5, 0.6) is 5.75 Å². The molecule has 0 bridgehead atoms. The molecule has 1 unspecified atom stereocenters. The van der Waals surface area contributed by atoms with Crippen molar-refractivity contribution in [1.82, 2.24) is 9.21 Å². The third-order valence-corrected chi connectivity index (χ3v) is 8.66. The Kier molecular flexibility index (Phi) is 7.05. The van der Waals surface area contributed by atoms with Crippen molar-refractivity contribution < 1.29 is 22.7 Å². The fourth-order valence-electron chi connectivity index (χ4n) is 5.03. The second kappa shape index (κ2) is 9.79. The lowest BCUT2D eigenvalue weighted by atomic mass is 10.1. The largest absolute Gasteiger partial charge is 0.492 e. The van der Waals surface area contributed by atoms with Crippen LogP contribution in [0.25, 0.3) is 0 Å². The van der Waals surface area contributed by atoms with Crippen LogP contribution in [0.15, 0.2) is 23.1 Å². The Labute approximate surface area is 190 Å². The van der Waals surface area contributed by atoms with Crippen LogP contribution in [-0.4, -0.2) is 61.7 Å². The first-order valence-electron chi connectivity index (χ1n) is 11.8. The number of hydrogen-bond acceptors (Lipinski definition) is 5. The van der Waals surface area contributed by atoms with Crippen molar-refractivity contribution in [2.24, 2.45) is 5.92 Å². The average molecular weight is 464 g/mol. The molecule has 2 aliphatic heterocycles. The summed E-state index contributed by atoms with van der Waals surface area (Å²) in [5.74, 6) is -0.335. The summed E-state index contributed by atoms with van der Waals surface area (Å²) in [5, 5.41) is 2.84. The number of nitrogens with zero attached hydrogens (tertiary/aromatic N) is 2. The summed E-state index contributed by atoms with van der Waals surface area (Å²) < 4.78 is 33.7. The number of benzene rings is 1. The lowest BCUT2D eigenvalue weighted by Crippen LogP contribution is -2.36. The van der Waals surface area contributed by atoms with Crippen molar-refractivity contribution in [2.45, 2.75) is 69.2 Å². The van der Waals surface area contributed by atoms with Gasteiger partial charge in [0.25, 0.3) is 0 Å². The topological polar surface area (TPSA) is 96.0 Å². The van der Waals surface area contributed by atoms with Crippen molar-refractivity contribution in [3.63, 3.8) is 0 Å². The molecule has 3 aliphatic rings. The van der Waals surface area contributed by atoms with Crippen LogP contribution in [-0.2, 0) is 19.6 Å². The smallest absolute Gasteiger partial charge is 0.246 e. The normalized spacial score (nSPS) is 23.0. The van der Waals surface area contributed by atoms with Crippen molar-refractivity contribution in [3.05, 3.63) is 18.2 Å². The van der Waals surface area contributed by atoms with E-state index in [1.807, 2.05) is 4.90 Å². The summed E-state index contributed by atoms with van der Waals surface area (Å²) in [6, 6.07) is 5.00. The number of likely N-dealkylation sites (tertiary alicyclic amines) is 1. The van der Waals surface area contributed by atoms with Crippen LogP contribution in [0, 0.1) is 5.92 Å². The maximum Gasteiger partial charge on any atom is 0.246 e. The van der Waals surface area contributed by atoms with E-state index in [1.54, 1.807) is 19.1 Å². The Morgan fingerprint density at radius 1 is 1.12 bits per heavy atom. The van der Waals surface area contributed by atoms with Gasteiger partial charge in [-0.15, -0.1) is 0 Å². The lowest BCUT2D eigenvalue weighted by molar-refractivity contribution is -0.129. The Hall–Kier alpha value is -2.13. The van der Waals surface area contributed by atoms with E-state index in [1.165, 1.54) is 10.4 Å². The van der Waals surface area contributed by atoms with Gasteiger partial charge >= 0.3 is 0 Å². The van der Waals surface area contributed by atoms with Crippen LogP contribution < -0.4 is 10.1 Å². The minimum absolute atomic E-state index is 0.0390. The number of hydrogen-bond donors (Lipinski definition) is 1. The van der Waals surface area contributed by atoms with E-state index in [4.69, 9.17) is 4.74 Å². The maximum atomic E-state index is 13.3. The van der Waals surface area contributed by atoms with Crippen molar-refractivity contribution >= 4 is 27.5 Å². The zero-order valence-corrected chi connectivity index (χ0v) is 19.5. The highest BCUT2D eigenvalue weighted by atomic mass is 32.2. The summed E-state index contributed by atoms with van der Waals surface area (Å²) in [6.07, 6.45) is 7.20. The van der Waals surface area contributed by atoms with Crippen molar-refractivity contribution in [2.75, 3.05) is 31.6 Å². The van der Waals surface area contributed by atoms with Gasteiger partial charge in [0.2, 0.25) is 21.8 Å². The second-order valence-electron chi connectivity index (χ2n) is 8.93. The van der Waals surface area contributed by atoms with Crippen molar-refractivity contribution in [1.29, 1.82) is 0 Å². The molecule has 2 heterocycles. The Balaban J connectivity index is 1.51. The summed E-state index contributed by atoms with van der Waals surface area (Å²) >= 11 is 0. The quantitative estimate of drug-likeness (QED) is 0.671. The van der Waals surface area contributed by atoms with Gasteiger partial charge in [-0.1, -0.05) is 19.3 Å². The number of anilines is 1. The predicted octanol–water partition coefficient (Wildman–Crippen LogP) is 2.99. The number of amides is 2. The molecule has 0 radical (unpaired) electrons. The number of piperidine rings is 1. The molecule has 0 aromatic heterocycles. The lowest BCUT2D eigenvalue weighted by Gasteiger charge is -2.27. The molecule has 4 rings (SSSR count). The van der Waals surface area contributed by atoms with Gasteiger partial charge in [0.1, 0.15) is 10.6 Å². The van der Waals surface area contributed by atoms with E-state index in [0.29, 0.717) is 37.7 Å². The van der Waals surface area contributed by atoms with E-state index in [0.717, 1.165) is 44.9 Å². The molecule has 32 heavy (non-hydrogen) atoms. The Bertz CT molecular complexity index is 952. The van der Waals surface area contributed by atoms with Gasteiger partial charge in [0, 0.05) is 37.8 Å². The first kappa shape index (κ1) is 23.0. The number of sulfonamides is 1. The summed E-state index contributed by atoms with van der Waals surface area (Å²) in [6.45, 7) is 3.57. The van der Waals surface area contributed by atoms with Gasteiger partial charge in [-0.2, -0.15) is 4.31 Å². The molecular weight excluding hydrogens is 430 g/mol. The van der Waals surface area contributed by atoms with Crippen LogP contribution >= 0.6 is 0 Å². The van der Waals surface area contributed by atoms with Gasteiger partial charge < -0.3 is 15.0 Å². The molecule has 2 amide bonds. The molecule has 9 heteroatoms. The molecule has 8 nitrogen and oxygen atoms in total. The molecule has 2 saturated heterocycles. The molecule has 1 saturated carbocycles. The zero-order valence-electron chi connectivity index (χ0n) is 18.7. The summed E-state index contributed by atoms with van der Waals surface area (Å²) in [4.78, 5) is 27.3. The minimum atomic E-state index is -3.73. The van der Waals surface area contributed by atoms with Crippen molar-refractivity contribution in [3.8, 4) is 5.75 Å². The number of ether oxygens (including phenoxy) is 1. The molecule has 1 atom stereocenters.